The Hall–Kier alpha value is -2.04. The molecule has 5 nitrogen and oxygen atoms in total. The van der Waals surface area contributed by atoms with Gasteiger partial charge in [-0.1, -0.05) is 37.5 Å². The van der Waals surface area contributed by atoms with Crippen LogP contribution in [-0.2, 0) is 16.1 Å². The second kappa shape index (κ2) is 8.56. The summed E-state index contributed by atoms with van der Waals surface area (Å²) in [7, 11) is 1.60. The highest BCUT2D eigenvalue weighted by Gasteiger charge is 2.19. The third kappa shape index (κ3) is 5.27. The van der Waals surface area contributed by atoms with Gasteiger partial charge in [-0.05, 0) is 18.9 Å². The van der Waals surface area contributed by atoms with E-state index in [4.69, 9.17) is 4.74 Å². The van der Waals surface area contributed by atoms with Gasteiger partial charge in [-0.3, -0.25) is 9.59 Å². The van der Waals surface area contributed by atoms with Crippen LogP contribution in [-0.4, -0.2) is 36.4 Å². The number of hydrogen-bond donors (Lipinski definition) is 1. The van der Waals surface area contributed by atoms with Crippen LogP contribution in [0.25, 0.3) is 0 Å². The van der Waals surface area contributed by atoms with Crippen molar-refractivity contribution in [2.45, 2.75) is 51.6 Å². The lowest BCUT2D eigenvalue weighted by Crippen LogP contribution is -2.44. The SMILES string of the molecule is COc1ccccc1CN(CC(=O)NC1CCCCC1)C(C)=O. The quantitative estimate of drug-likeness (QED) is 0.876. The Morgan fingerprint density at radius 1 is 1.22 bits per heavy atom. The largest absolute Gasteiger partial charge is 0.496 e. The van der Waals surface area contributed by atoms with Crippen LogP contribution in [0.5, 0.6) is 5.75 Å². The van der Waals surface area contributed by atoms with Gasteiger partial charge >= 0.3 is 0 Å². The molecule has 1 saturated carbocycles. The van der Waals surface area contributed by atoms with E-state index in [0.29, 0.717) is 6.54 Å². The summed E-state index contributed by atoms with van der Waals surface area (Å²) in [5, 5.41) is 3.05. The van der Waals surface area contributed by atoms with E-state index in [9.17, 15) is 9.59 Å². The average molecular weight is 318 g/mol. The molecule has 1 aromatic rings. The lowest BCUT2D eigenvalue weighted by Gasteiger charge is -2.26. The monoisotopic (exact) mass is 318 g/mol. The van der Waals surface area contributed by atoms with Crippen molar-refractivity contribution < 1.29 is 14.3 Å². The summed E-state index contributed by atoms with van der Waals surface area (Å²) >= 11 is 0. The fourth-order valence-corrected chi connectivity index (χ4v) is 3.01. The Morgan fingerprint density at radius 2 is 1.91 bits per heavy atom. The summed E-state index contributed by atoms with van der Waals surface area (Å²) < 4.78 is 5.31. The summed E-state index contributed by atoms with van der Waals surface area (Å²) in [6, 6.07) is 7.81. The van der Waals surface area contributed by atoms with Crippen LogP contribution < -0.4 is 10.1 Å². The van der Waals surface area contributed by atoms with E-state index in [1.54, 1.807) is 12.0 Å². The topological polar surface area (TPSA) is 58.6 Å². The molecule has 2 amide bonds. The molecule has 126 valence electrons. The molecule has 2 rings (SSSR count). The first kappa shape index (κ1) is 17.3. The second-order valence-electron chi connectivity index (χ2n) is 6.09. The van der Waals surface area contributed by atoms with Crippen LogP contribution in [0.15, 0.2) is 24.3 Å². The molecule has 0 unspecified atom stereocenters. The zero-order chi connectivity index (χ0) is 16.7. The van der Waals surface area contributed by atoms with Gasteiger partial charge in [-0.2, -0.15) is 0 Å². The molecule has 23 heavy (non-hydrogen) atoms. The van der Waals surface area contributed by atoms with Crippen molar-refractivity contribution in [1.82, 2.24) is 10.2 Å². The lowest BCUT2D eigenvalue weighted by atomic mass is 9.95. The number of nitrogens with one attached hydrogen (secondary N) is 1. The molecular formula is C18H26N2O3. The zero-order valence-electron chi connectivity index (χ0n) is 14.0. The van der Waals surface area contributed by atoms with Crippen LogP contribution in [0.2, 0.25) is 0 Å². The zero-order valence-corrected chi connectivity index (χ0v) is 14.0. The molecule has 0 saturated heterocycles. The standard InChI is InChI=1S/C18H26N2O3/c1-14(21)20(12-15-8-6-7-11-17(15)23-2)13-18(22)19-16-9-4-3-5-10-16/h6-8,11,16H,3-5,9-10,12-13H2,1-2H3,(H,19,22). The van der Waals surface area contributed by atoms with Gasteiger partial charge < -0.3 is 15.0 Å². The number of ether oxygens (including phenoxy) is 1. The maximum absolute atomic E-state index is 12.2. The van der Waals surface area contributed by atoms with E-state index in [-0.39, 0.29) is 24.4 Å². The normalized spacial score (nSPS) is 15.0. The Bertz CT molecular complexity index is 539. The lowest BCUT2D eigenvalue weighted by molar-refractivity contribution is -0.135. The molecule has 5 heteroatoms. The molecule has 0 aliphatic heterocycles. The van der Waals surface area contributed by atoms with Gasteiger partial charge in [0.05, 0.1) is 13.7 Å². The van der Waals surface area contributed by atoms with Crippen molar-refractivity contribution in [1.29, 1.82) is 0 Å². The molecule has 1 N–H and O–H groups in total. The van der Waals surface area contributed by atoms with Crippen molar-refractivity contribution in [3.8, 4) is 5.75 Å². The average Bonchev–Trinajstić information content (AvgIpc) is 2.55. The molecule has 0 bridgehead atoms. The minimum atomic E-state index is -0.116. The molecule has 0 radical (unpaired) electrons. The summed E-state index contributed by atoms with van der Waals surface area (Å²) in [6.45, 7) is 1.95. The molecule has 1 aliphatic rings. The minimum absolute atomic E-state index is 0.0815. The molecule has 1 aliphatic carbocycles. The molecule has 0 heterocycles. The summed E-state index contributed by atoms with van der Waals surface area (Å²) in [5.41, 5.74) is 0.899. The number of carbonyl (C=O) groups excluding carboxylic acids is 2. The number of rotatable bonds is 6. The number of nitrogens with zero attached hydrogens (tertiary/aromatic N) is 1. The number of amides is 2. The van der Waals surface area contributed by atoms with Gasteiger partial charge in [0.2, 0.25) is 11.8 Å². The second-order valence-corrected chi connectivity index (χ2v) is 6.09. The predicted octanol–water partition coefficient (Wildman–Crippen LogP) is 2.49. The van der Waals surface area contributed by atoms with Crippen molar-refractivity contribution >= 4 is 11.8 Å². The van der Waals surface area contributed by atoms with Gasteiger partial charge in [0.1, 0.15) is 5.75 Å². The van der Waals surface area contributed by atoms with Crippen molar-refractivity contribution in [3.63, 3.8) is 0 Å². The Labute approximate surface area is 138 Å². The van der Waals surface area contributed by atoms with E-state index < -0.39 is 0 Å². The third-order valence-corrected chi connectivity index (χ3v) is 4.30. The van der Waals surface area contributed by atoms with Crippen molar-refractivity contribution in [2.24, 2.45) is 0 Å². The van der Waals surface area contributed by atoms with Gasteiger partial charge in [-0.25, -0.2) is 0 Å². The highest BCUT2D eigenvalue weighted by atomic mass is 16.5. The van der Waals surface area contributed by atoms with Crippen molar-refractivity contribution in [3.05, 3.63) is 29.8 Å². The number of benzene rings is 1. The van der Waals surface area contributed by atoms with E-state index >= 15 is 0 Å². The number of carbonyl (C=O) groups is 2. The highest BCUT2D eigenvalue weighted by molar-refractivity contribution is 5.84. The molecule has 1 fully saturated rings. The summed E-state index contributed by atoms with van der Waals surface area (Å²) in [4.78, 5) is 25.7. The highest BCUT2D eigenvalue weighted by Crippen LogP contribution is 2.20. The van der Waals surface area contributed by atoms with E-state index in [2.05, 4.69) is 5.32 Å². The van der Waals surface area contributed by atoms with Gasteiger partial charge in [0, 0.05) is 25.1 Å². The Balaban J connectivity index is 1.95. The number of hydrogen-bond acceptors (Lipinski definition) is 3. The predicted molar refractivity (Wildman–Crippen MR) is 89.1 cm³/mol. The first-order valence-corrected chi connectivity index (χ1v) is 8.27. The summed E-state index contributed by atoms with van der Waals surface area (Å²) in [5.74, 6) is 0.531. The van der Waals surface area contributed by atoms with Crippen molar-refractivity contribution in [2.75, 3.05) is 13.7 Å². The maximum atomic E-state index is 12.2. The molecule has 1 aromatic carbocycles. The van der Waals surface area contributed by atoms with Crippen LogP contribution >= 0.6 is 0 Å². The van der Waals surface area contributed by atoms with E-state index in [1.807, 2.05) is 24.3 Å². The fraction of sp³-hybridized carbons (Fsp3) is 0.556. The van der Waals surface area contributed by atoms with Gasteiger partial charge in [0.25, 0.3) is 0 Å². The minimum Gasteiger partial charge on any atom is -0.496 e. The van der Waals surface area contributed by atoms with Gasteiger partial charge in [0.15, 0.2) is 0 Å². The maximum Gasteiger partial charge on any atom is 0.239 e. The van der Waals surface area contributed by atoms with E-state index in [0.717, 1.165) is 24.2 Å². The Kier molecular flexibility index (Phi) is 6.44. The first-order valence-electron chi connectivity index (χ1n) is 8.27. The molecular weight excluding hydrogens is 292 g/mol. The summed E-state index contributed by atoms with van der Waals surface area (Å²) in [6.07, 6.45) is 5.67. The smallest absolute Gasteiger partial charge is 0.239 e. The molecule has 0 aromatic heterocycles. The van der Waals surface area contributed by atoms with Gasteiger partial charge in [-0.15, -0.1) is 0 Å². The van der Waals surface area contributed by atoms with Crippen LogP contribution in [0.4, 0.5) is 0 Å². The molecule has 0 spiro atoms. The first-order chi connectivity index (χ1) is 11.1. The fourth-order valence-electron chi connectivity index (χ4n) is 3.01. The number of methoxy groups -OCH3 is 1. The third-order valence-electron chi connectivity index (χ3n) is 4.30. The van der Waals surface area contributed by atoms with Crippen LogP contribution in [0.3, 0.4) is 0 Å². The van der Waals surface area contributed by atoms with E-state index in [1.165, 1.54) is 26.2 Å². The van der Waals surface area contributed by atoms with Crippen LogP contribution in [0, 0.1) is 0 Å². The Morgan fingerprint density at radius 3 is 2.57 bits per heavy atom. The molecule has 0 atom stereocenters. The number of para-hydroxylation sites is 1. The van der Waals surface area contributed by atoms with Crippen LogP contribution in [0.1, 0.15) is 44.6 Å².